The number of piperidine rings is 1. The predicted octanol–water partition coefficient (Wildman–Crippen LogP) is 4.82. The van der Waals surface area contributed by atoms with Gasteiger partial charge < -0.3 is 15.2 Å². The van der Waals surface area contributed by atoms with Crippen LogP contribution in [0.1, 0.15) is 29.5 Å². The van der Waals surface area contributed by atoms with Gasteiger partial charge in [0.05, 0.1) is 40.5 Å². The smallest absolute Gasteiger partial charge is 0.147 e. The van der Waals surface area contributed by atoms with Crippen LogP contribution in [0, 0.1) is 17.1 Å². The van der Waals surface area contributed by atoms with E-state index >= 15 is 0 Å². The van der Waals surface area contributed by atoms with Gasteiger partial charge in [0, 0.05) is 41.4 Å². The van der Waals surface area contributed by atoms with Gasteiger partial charge in [0.15, 0.2) is 0 Å². The fourth-order valence-electron chi connectivity index (χ4n) is 4.79. The van der Waals surface area contributed by atoms with Gasteiger partial charge in [-0.25, -0.2) is 23.1 Å². The maximum absolute atomic E-state index is 14.6. The number of nitrogens with zero attached hydrogens (tertiary/aromatic N) is 5. The van der Waals surface area contributed by atoms with Crippen molar-refractivity contribution in [2.24, 2.45) is 0 Å². The van der Waals surface area contributed by atoms with Crippen molar-refractivity contribution < 1.29 is 13.2 Å². The Balaban J connectivity index is 1.70. The van der Waals surface area contributed by atoms with Crippen LogP contribution in [0.25, 0.3) is 33.5 Å². The first-order valence-corrected chi connectivity index (χ1v) is 11.7. The summed E-state index contributed by atoms with van der Waals surface area (Å²) in [6.45, 7) is -0.284. The lowest BCUT2D eigenvalue weighted by molar-refractivity contribution is 0.440. The molecule has 0 radical (unpaired) electrons. The number of rotatable bonds is 6. The lowest BCUT2D eigenvalue weighted by Gasteiger charge is -2.32. The number of anilines is 1. The normalized spacial score (nSPS) is 14.4. The zero-order valence-electron chi connectivity index (χ0n) is 19.7. The minimum Gasteiger partial charge on any atom is -0.355 e. The molecular formula is C26H24F3N7. The van der Waals surface area contributed by atoms with Gasteiger partial charge in [-0.15, -0.1) is 0 Å². The number of benzene rings is 2. The van der Waals surface area contributed by atoms with Gasteiger partial charge in [0.25, 0.3) is 0 Å². The summed E-state index contributed by atoms with van der Waals surface area (Å²) >= 11 is 0. The van der Waals surface area contributed by atoms with Crippen LogP contribution in [-0.2, 0) is 13.3 Å². The Labute approximate surface area is 206 Å². The molecule has 36 heavy (non-hydrogen) atoms. The molecule has 2 aromatic heterocycles. The van der Waals surface area contributed by atoms with E-state index in [-0.39, 0.29) is 16.7 Å². The average molecular weight is 492 g/mol. The van der Waals surface area contributed by atoms with Gasteiger partial charge in [0.1, 0.15) is 31.1 Å². The fraction of sp³-hybridized carbons (Fsp3) is 0.308. The number of aromatic amines is 1. The molecule has 0 amide bonds. The number of nitriles is 1. The molecule has 0 bridgehead atoms. The summed E-state index contributed by atoms with van der Waals surface area (Å²) in [4.78, 5) is 18.7. The van der Waals surface area contributed by atoms with Crippen molar-refractivity contribution >= 4 is 16.9 Å². The summed E-state index contributed by atoms with van der Waals surface area (Å²) in [6.07, 6.45) is 4.91. The van der Waals surface area contributed by atoms with Crippen LogP contribution in [0.3, 0.4) is 0 Å². The van der Waals surface area contributed by atoms with Crippen LogP contribution in [0.2, 0.25) is 0 Å². The molecule has 7 nitrogen and oxygen atoms in total. The summed E-state index contributed by atoms with van der Waals surface area (Å²) in [5.41, 5.74) is 2.44. The molecule has 1 fully saturated rings. The first-order valence-electron chi connectivity index (χ1n) is 11.7. The molecule has 1 aliphatic rings. The number of halogens is 3. The van der Waals surface area contributed by atoms with E-state index in [2.05, 4.69) is 25.2 Å². The quantitative estimate of drug-likeness (QED) is 0.402. The van der Waals surface area contributed by atoms with Crippen molar-refractivity contribution in [1.29, 1.82) is 5.26 Å². The Hall–Kier alpha value is -3.97. The molecule has 0 atom stereocenters. The molecule has 184 valence electrons. The molecule has 4 aromatic rings. The number of H-pyrrole nitrogens is 1. The van der Waals surface area contributed by atoms with Gasteiger partial charge >= 0.3 is 0 Å². The minimum absolute atomic E-state index is 0.0966. The highest BCUT2D eigenvalue weighted by Gasteiger charge is 2.24. The predicted molar refractivity (Wildman–Crippen MR) is 131 cm³/mol. The summed E-state index contributed by atoms with van der Waals surface area (Å²) < 4.78 is 43.0. The number of alkyl halides is 2. The first-order chi connectivity index (χ1) is 17.6. The molecule has 2 aromatic carbocycles. The molecule has 0 spiro atoms. The maximum Gasteiger partial charge on any atom is 0.147 e. The van der Waals surface area contributed by atoms with Crippen molar-refractivity contribution in [3.05, 3.63) is 59.3 Å². The van der Waals surface area contributed by atoms with Crippen molar-refractivity contribution in [3.8, 4) is 28.6 Å². The Bertz CT molecular complexity index is 1450. The van der Waals surface area contributed by atoms with E-state index in [0.717, 1.165) is 25.9 Å². The summed E-state index contributed by atoms with van der Waals surface area (Å²) in [7, 11) is 1.94. The number of aromatic nitrogens is 4. The van der Waals surface area contributed by atoms with Gasteiger partial charge in [0.2, 0.25) is 0 Å². The second-order valence-corrected chi connectivity index (χ2v) is 8.73. The van der Waals surface area contributed by atoms with Crippen LogP contribution >= 0.6 is 0 Å². The molecule has 1 saturated heterocycles. The summed E-state index contributed by atoms with van der Waals surface area (Å²) in [6, 6.07) is 8.07. The van der Waals surface area contributed by atoms with Crippen molar-refractivity contribution in [3.63, 3.8) is 0 Å². The second kappa shape index (κ2) is 9.95. The van der Waals surface area contributed by atoms with E-state index in [1.165, 1.54) is 18.5 Å². The van der Waals surface area contributed by atoms with Crippen LogP contribution in [0.4, 0.5) is 19.0 Å². The average Bonchev–Trinajstić information content (AvgIpc) is 3.40. The van der Waals surface area contributed by atoms with E-state index < -0.39 is 19.2 Å². The lowest BCUT2D eigenvalue weighted by atomic mass is 9.95. The maximum atomic E-state index is 14.6. The Morgan fingerprint density at radius 1 is 1.11 bits per heavy atom. The molecule has 3 heterocycles. The lowest BCUT2D eigenvalue weighted by Crippen LogP contribution is -2.41. The minimum atomic E-state index is -0.925. The Morgan fingerprint density at radius 3 is 2.56 bits per heavy atom. The largest absolute Gasteiger partial charge is 0.355 e. The molecule has 5 rings (SSSR count). The Morgan fingerprint density at radius 2 is 1.89 bits per heavy atom. The molecular weight excluding hydrogens is 467 g/mol. The molecule has 1 aliphatic heterocycles. The van der Waals surface area contributed by atoms with E-state index in [1.807, 2.05) is 13.1 Å². The van der Waals surface area contributed by atoms with Gasteiger partial charge in [-0.1, -0.05) is 6.07 Å². The molecule has 0 unspecified atom stereocenters. The molecule has 2 N–H and O–H groups in total. The standard InChI is InChI=1S/C26H24F3N7/c1-31-17-4-6-36(7-5-17)23-13-32-26(24(35-23)15-2-3-16(12-30)21(29)8-15)18-9-22-25(34-14-33-22)20(11-28)19(18)10-27/h2-3,8-9,13-14,17,31H,4-7,10-11H2,1H3,(H,33,34). The molecule has 0 aliphatic carbocycles. The first kappa shape index (κ1) is 23.8. The van der Waals surface area contributed by atoms with E-state index in [1.54, 1.807) is 18.3 Å². The zero-order chi connectivity index (χ0) is 25.2. The fourth-order valence-corrected chi connectivity index (χ4v) is 4.79. The van der Waals surface area contributed by atoms with Crippen LogP contribution in [-0.4, -0.2) is 46.1 Å². The van der Waals surface area contributed by atoms with Crippen LogP contribution in [0.5, 0.6) is 0 Å². The highest BCUT2D eigenvalue weighted by atomic mass is 19.1. The number of nitrogens with one attached hydrogen (secondary N) is 2. The third-order valence-corrected chi connectivity index (χ3v) is 6.81. The van der Waals surface area contributed by atoms with Crippen molar-refractivity contribution in [2.75, 3.05) is 25.0 Å². The van der Waals surface area contributed by atoms with E-state index in [4.69, 9.17) is 10.2 Å². The van der Waals surface area contributed by atoms with Crippen molar-refractivity contribution in [1.82, 2.24) is 25.3 Å². The van der Waals surface area contributed by atoms with E-state index in [0.29, 0.717) is 45.4 Å². The Kier molecular flexibility index (Phi) is 6.57. The summed E-state index contributed by atoms with van der Waals surface area (Å²) in [5, 5.41) is 12.4. The number of hydrogen-bond acceptors (Lipinski definition) is 6. The molecule has 0 saturated carbocycles. The monoisotopic (exact) mass is 491 g/mol. The van der Waals surface area contributed by atoms with Gasteiger partial charge in [-0.05, 0) is 38.1 Å². The van der Waals surface area contributed by atoms with Crippen molar-refractivity contribution in [2.45, 2.75) is 32.2 Å². The van der Waals surface area contributed by atoms with Crippen LogP contribution in [0.15, 0.2) is 36.8 Å². The topological polar surface area (TPSA) is 93.5 Å². The third-order valence-electron chi connectivity index (χ3n) is 6.81. The zero-order valence-corrected chi connectivity index (χ0v) is 19.7. The van der Waals surface area contributed by atoms with Crippen LogP contribution < -0.4 is 10.2 Å². The second-order valence-electron chi connectivity index (χ2n) is 8.73. The highest BCUT2D eigenvalue weighted by molar-refractivity contribution is 5.90. The van der Waals surface area contributed by atoms with Gasteiger partial charge in [-0.3, -0.25) is 4.98 Å². The third kappa shape index (κ3) is 4.16. The van der Waals surface area contributed by atoms with E-state index in [9.17, 15) is 13.2 Å². The summed E-state index contributed by atoms with van der Waals surface area (Å²) in [5.74, 6) is -0.0812. The SMILES string of the molecule is CNC1CCN(c2cnc(-c3cc4nc[nH]c4c(CF)c3CF)c(-c3ccc(C#N)c(F)c3)n2)CC1. The number of hydrogen-bond donors (Lipinski definition) is 2. The number of fused-ring (bicyclic) bond motifs is 1. The molecule has 10 heteroatoms. The highest BCUT2D eigenvalue weighted by Crippen LogP contribution is 2.37. The van der Waals surface area contributed by atoms with Gasteiger partial charge in [-0.2, -0.15) is 5.26 Å². The number of imidazole rings is 1.